The van der Waals surface area contributed by atoms with Gasteiger partial charge in [-0.3, -0.25) is 0 Å². The van der Waals surface area contributed by atoms with Gasteiger partial charge < -0.3 is 19.1 Å². The number of benzene rings is 2. The van der Waals surface area contributed by atoms with Gasteiger partial charge in [-0.05, 0) is 86.5 Å². The molecular formula is C26H35NO3. The maximum Gasteiger partial charge on any atom is 0.161 e. The summed E-state index contributed by atoms with van der Waals surface area (Å²) in [6.07, 6.45) is 9.03. The van der Waals surface area contributed by atoms with Gasteiger partial charge in [-0.2, -0.15) is 0 Å². The van der Waals surface area contributed by atoms with Crippen molar-refractivity contribution in [3.8, 4) is 17.2 Å². The Morgan fingerprint density at radius 2 is 1.50 bits per heavy atom. The summed E-state index contributed by atoms with van der Waals surface area (Å²) in [5.41, 5.74) is 5.69. The van der Waals surface area contributed by atoms with Gasteiger partial charge in [-0.1, -0.05) is 23.8 Å². The second-order valence-corrected chi connectivity index (χ2v) is 8.03. The van der Waals surface area contributed by atoms with E-state index < -0.39 is 0 Å². The van der Waals surface area contributed by atoms with Crippen LogP contribution in [0.25, 0.3) is 0 Å². The van der Waals surface area contributed by atoms with E-state index in [4.69, 9.17) is 14.2 Å². The van der Waals surface area contributed by atoms with Crippen LogP contribution in [0.4, 0.5) is 0 Å². The first-order chi connectivity index (χ1) is 14.6. The lowest BCUT2D eigenvalue weighted by atomic mass is 10.0. The van der Waals surface area contributed by atoms with Crippen molar-refractivity contribution in [1.29, 1.82) is 0 Å². The van der Waals surface area contributed by atoms with Crippen molar-refractivity contribution in [3.05, 3.63) is 64.7 Å². The molecule has 0 heterocycles. The number of likely N-dealkylation sites (N-methyl/N-ethyl adjacent to an activating group) is 1. The highest BCUT2D eigenvalue weighted by atomic mass is 16.5. The standard InChI is InChI=1S/C26H35NO3/c1-27(16-14-21-7-5-9-24(17-21)28-2)15-6-8-20-10-12-22-18-25(29-3)26(30-4)19-23(22)13-11-20/h5,7-9,17-19H,6,10-16H2,1-4H3. The minimum atomic E-state index is 0.835. The first-order valence-corrected chi connectivity index (χ1v) is 10.9. The molecule has 0 radical (unpaired) electrons. The van der Waals surface area contributed by atoms with Crippen LogP contribution in [0, 0.1) is 0 Å². The minimum Gasteiger partial charge on any atom is -0.497 e. The molecule has 1 aliphatic rings. The number of fused-ring (bicyclic) bond motifs is 1. The number of ether oxygens (including phenoxy) is 3. The second kappa shape index (κ2) is 11.1. The van der Waals surface area contributed by atoms with E-state index in [-0.39, 0.29) is 0 Å². The number of aryl methyl sites for hydroxylation is 2. The summed E-state index contributed by atoms with van der Waals surface area (Å²) in [5.74, 6) is 2.60. The lowest BCUT2D eigenvalue weighted by molar-refractivity contribution is 0.344. The fourth-order valence-electron chi connectivity index (χ4n) is 4.10. The molecule has 162 valence electrons. The van der Waals surface area contributed by atoms with Crippen LogP contribution < -0.4 is 14.2 Å². The van der Waals surface area contributed by atoms with E-state index in [0.29, 0.717) is 0 Å². The zero-order valence-electron chi connectivity index (χ0n) is 18.9. The molecule has 0 fully saturated rings. The molecule has 30 heavy (non-hydrogen) atoms. The topological polar surface area (TPSA) is 30.9 Å². The van der Waals surface area contributed by atoms with E-state index in [0.717, 1.165) is 68.9 Å². The van der Waals surface area contributed by atoms with E-state index in [9.17, 15) is 0 Å². The summed E-state index contributed by atoms with van der Waals surface area (Å²) in [6, 6.07) is 12.7. The Balaban J connectivity index is 1.48. The molecule has 0 aliphatic heterocycles. The first kappa shape index (κ1) is 22.2. The largest absolute Gasteiger partial charge is 0.497 e. The van der Waals surface area contributed by atoms with Gasteiger partial charge in [-0.15, -0.1) is 0 Å². The van der Waals surface area contributed by atoms with E-state index in [1.807, 2.05) is 6.07 Å². The van der Waals surface area contributed by atoms with E-state index in [2.05, 4.69) is 48.4 Å². The molecule has 0 saturated carbocycles. The smallest absolute Gasteiger partial charge is 0.161 e. The first-order valence-electron chi connectivity index (χ1n) is 10.9. The van der Waals surface area contributed by atoms with Crippen LogP contribution in [0.1, 0.15) is 36.0 Å². The van der Waals surface area contributed by atoms with Crippen LogP contribution in [0.15, 0.2) is 48.0 Å². The Kier molecular flexibility index (Phi) is 8.21. The van der Waals surface area contributed by atoms with Crippen LogP contribution in [-0.2, 0) is 19.3 Å². The fraction of sp³-hybridized carbons (Fsp3) is 0.462. The van der Waals surface area contributed by atoms with Crippen LogP contribution in [0.2, 0.25) is 0 Å². The molecule has 0 unspecified atom stereocenters. The molecule has 1 aliphatic carbocycles. The Morgan fingerprint density at radius 1 is 0.833 bits per heavy atom. The Morgan fingerprint density at radius 3 is 2.10 bits per heavy atom. The lowest BCUT2D eigenvalue weighted by Crippen LogP contribution is -2.22. The van der Waals surface area contributed by atoms with Crippen molar-refractivity contribution in [2.24, 2.45) is 0 Å². The molecule has 0 bridgehead atoms. The summed E-state index contributed by atoms with van der Waals surface area (Å²) >= 11 is 0. The second-order valence-electron chi connectivity index (χ2n) is 8.03. The molecule has 0 atom stereocenters. The summed E-state index contributed by atoms with van der Waals surface area (Å²) in [4.78, 5) is 2.41. The zero-order valence-corrected chi connectivity index (χ0v) is 18.9. The number of methoxy groups -OCH3 is 3. The van der Waals surface area contributed by atoms with E-state index >= 15 is 0 Å². The number of rotatable bonds is 9. The fourth-order valence-corrected chi connectivity index (χ4v) is 4.10. The summed E-state index contributed by atoms with van der Waals surface area (Å²) in [7, 11) is 7.34. The number of hydrogen-bond acceptors (Lipinski definition) is 4. The van der Waals surface area contributed by atoms with Crippen molar-refractivity contribution in [1.82, 2.24) is 4.90 Å². The minimum absolute atomic E-state index is 0.835. The summed E-state index contributed by atoms with van der Waals surface area (Å²) in [6.45, 7) is 2.14. The van der Waals surface area contributed by atoms with Gasteiger partial charge in [-0.25, -0.2) is 0 Å². The molecule has 2 aromatic carbocycles. The zero-order chi connectivity index (χ0) is 21.3. The third kappa shape index (κ3) is 6.02. The van der Waals surface area contributed by atoms with Crippen molar-refractivity contribution in [2.45, 2.75) is 38.5 Å². The average molecular weight is 410 g/mol. The molecule has 0 saturated heterocycles. The molecular weight excluding hydrogens is 374 g/mol. The SMILES string of the molecule is COc1cccc(CCN(C)CCC=C2CCc3cc(OC)c(OC)cc3CC2)c1. The van der Waals surface area contributed by atoms with E-state index in [1.165, 1.54) is 16.7 Å². The molecule has 3 rings (SSSR count). The summed E-state index contributed by atoms with van der Waals surface area (Å²) < 4.78 is 16.3. The number of nitrogens with zero attached hydrogens (tertiary/aromatic N) is 1. The predicted octanol–water partition coefficient (Wildman–Crippen LogP) is 5.08. The van der Waals surface area contributed by atoms with Gasteiger partial charge in [0.05, 0.1) is 21.3 Å². The molecule has 0 N–H and O–H groups in total. The van der Waals surface area contributed by atoms with Crippen molar-refractivity contribution < 1.29 is 14.2 Å². The van der Waals surface area contributed by atoms with Gasteiger partial charge in [0.2, 0.25) is 0 Å². The van der Waals surface area contributed by atoms with Crippen LogP contribution in [0.3, 0.4) is 0 Å². The third-order valence-corrected chi connectivity index (χ3v) is 6.00. The predicted molar refractivity (Wildman–Crippen MR) is 123 cm³/mol. The van der Waals surface area contributed by atoms with Gasteiger partial charge >= 0.3 is 0 Å². The third-order valence-electron chi connectivity index (χ3n) is 6.00. The molecule has 0 spiro atoms. The molecule has 0 aromatic heterocycles. The highest BCUT2D eigenvalue weighted by molar-refractivity contribution is 5.48. The van der Waals surface area contributed by atoms with Gasteiger partial charge in [0.25, 0.3) is 0 Å². The van der Waals surface area contributed by atoms with Gasteiger partial charge in [0.15, 0.2) is 11.5 Å². The van der Waals surface area contributed by atoms with Gasteiger partial charge in [0, 0.05) is 13.1 Å². The molecule has 0 amide bonds. The highest BCUT2D eigenvalue weighted by Gasteiger charge is 2.15. The van der Waals surface area contributed by atoms with Crippen LogP contribution in [0.5, 0.6) is 17.2 Å². The van der Waals surface area contributed by atoms with Crippen LogP contribution in [-0.4, -0.2) is 46.4 Å². The molecule has 2 aromatic rings. The highest BCUT2D eigenvalue weighted by Crippen LogP contribution is 2.34. The summed E-state index contributed by atoms with van der Waals surface area (Å²) in [5, 5.41) is 0. The lowest BCUT2D eigenvalue weighted by Gasteiger charge is -2.16. The van der Waals surface area contributed by atoms with E-state index in [1.54, 1.807) is 26.9 Å². The quantitative estimate of drug-likeness (QED) is 0.427. The normalized spacial score (nSPS) is 13.6. The van der Waals surface area contributed by atoms with Crippen LogP contribution >= 0.6 is 0 Å². The Bertz CT molecular complexity index is 822. The Hall–Kier alpha value is -2.46. The van der Waals surface area contributed by atoms with Crippen molar-refractivity contribution in [3.63, 3.8) is 0 Å². The maximum absolute atomic E-state index is 5.48. The Labute approximate surface area is 181 Å². The van der Waals surface area contributed by atoms with Gasteiger partial charge in [0.1, 0.15) is 5.75 Å². The molecule has 4 heteroatoms. The maximum atomic E-state index is 5.48. The molecule has 4 nitrogen and oxygen atoms in total. The van der Waals surface area contributed by atoms with Crippen molar-refractivity contribution >= 4 is 0 Å². The average Bonchev–Trinajstić information content (AvgIpc) is 2.98. The van der Waals surface area contributed by atoms with Crippen molar-refractivity contribution in [2.75, 3.05) is 41.5 Å². The number of hydrogen-bond donors (Lipinski definition) is 0. The number of allylic oxidation sites excluding steroid dienone is 1. The monoisotopic (exact) mass is 409 g/mol.